The normalized spacial score (nSPS) is 10.7. The zero-order valence-corrected chi connectivity index (χ0v) is 15.0. The molecule has 0 saturated heterocycles. The number of aromatic nitrogens is 2. The quantitative estimate of drug-likeness (QED) is 0.653. The molecule has 0 N–H and O–H groups in total. The standard InChI is InChI=1S/C21H22N2O2/c1-5-25-21(24)20-13-18(17-9-6-14(2)7-10-17)22-23(20)19-11-8-15(3)12-16(19)4/h6-13H,5H2,1-4H3. The molecule has 2 aromatic carbocycles. The Hall–Kier alpha value is -2.88. The molecule has 0 bridgehead atoms. The molecule has 1 heterocycles. The van der Waals surface area contributed by atoms with E-state index in [0.29, 0.717) is 12.3 Å². The van der Waals surface area contributed by atoms with Crippen LogP contribution in [-0.4, -0.2) is 22.4 Å². The van der Waals surface area contributed by atoms with E-state index in [1.165, 1.54) is 11.1 Å². The van der Waals surface area contributed by atoms with Crippen molar-refractivity contribution < 1.29 is 9.53 Å². The molecule has 0 amide bonds. The number of benzene rings is 2. The van der Waals surface area contributed by atoms with Gasteiger partial charge in [-0.25, -0.2) is 9.48 Å². The molecule has 128 valence electrons. The zero-order chi connectivity index (χ0) is 18.0. The number of hydrogen-bond acceptors (Lipinski definition) is 3. The first-order chi connectivity index (χ1) is 12.0. The Morgan fingerprint density at radius 3 is 2.32 bits per heavy atom. The van der Waals surface area contributed by atoms with Gasteiger partial charge in [-0.05, 0) is 45.4 Å². The summed E-state index contributed by atoms with van der Waals surface area (Å²) in [6.45, 7) is 8.24. The Kier molecular flexibility index (Phi) is 4.70. The summed E-state index contributed by atoms with van der Waals surface area (Å²) in [4.78, 5) is 12.4. The van der Waals surface area contributed by atoms with Gasteiger partial charge in [0.15, 0.2) is 5.69 Å². The molecule has 3 aromatic rings. The highest BCUT2D eigenvalue weighted by atomic mass is 16.5. The second-order valence-corrected chi connectivity index (χ2v) is 6.20. The molecule has 0 radical (unpaired) electrons. The molecular weight excluding hydrogens is 312 g/mol. The largest absolute Gasteiger partial charge is 0.461 e. The molecule has 0 fully saturated rings. The molecule has 4 nitrogen and oxygen atoms in total. The van der Waals surface area contributed by atoms with Crippen molar-refractivity contribution in [3.8, 4) is 16.9 Å². The van der Waals surface area contributed by atoms with E-state index in [4.69, 9.17) is 9.84 Å². The van der Waals surface area contributed by atoms with Crippen LogP contribution < -0.4 is 0 Å². The number of rotatable bonds is 4. The highest BCUT2D eigenvalue weighted by Crippen LogP contribution is 2.24. The van der Waals surface area contributed by atoms with E-state index >= 15 is 0 Å². The molecule has 0 atom stereocenters. The van der Waals surface area contributed by atoms with E-state index in [1.54, 1.807) is 17.7 Å². The fraction of sp³-hybridized carbons (Fsp3) is 0.238. The fourth-order valence-electron chi connectivity index (χ4n) is 2.82. The van der Waals surface area contributed by atoms with Crippen molar-refractivity contribution in [2.45, 2.75) is 27.7 Å². The summed E-state index contributed by atoms with van der Waals surface area (Å²) < 4.78 is 6.90. The summed E-state index contributed by atoms with van der Waals surface area (Å²) in [6, 6.07) is 16.0. The van der Waals surface area contributed by atoms with Crippen LogP contribution in [0.1, 0.15) is 34.1 Å². The Morgan fingerprint density at radius 1 is 1.00 bits per heavy atom. The van der Waals surface area contributed by atoms with Crippen molar-refractivity contribution in [1.82, 2.24) is 9.78 Å². The molecule has 0 spiro atoms. The van der Waals surface area contributed by atoms with E-state index < -0.39 is 0 Å². The van der Waals surface area contributed by atoms with Crippen molar-refractivity contribution >= 4 is 5.97 Å². The summed E-state index contributed by atoms with van der Waals surface area (Å²) in [6.07, 6.45) is 0. The maximum absolute atomic E-state index is 12.4. The molecule has 0 saturated carbocycles. The first-order valence-electron chi connectivity index (χ1n) is 8.41. The van der Waals surface area contributed by atoms with Gasteiger partial charge in [0.2, 0.25) is 0 Å². The Morgan fingerprint density at radius 2 is 1.68 bits per heavy atom. The smallest absolute Gasteiger partial charge is 0.357 e. The number of aryl methyl sites for hydroxylation is 3. The number of nitrogens with zero attached hydrogens (tertiary/aromatic N) is 2. The lowest BCUT2D eigenvalue weighted by molar-refractivity contribution is 0.0515. The molecule has 0 unspecified atom stereocenters. The van der Waals surface area contributed by atoms with Crippen LogP contribution in [0.3, 0.4) is 0 Å². The first-order valence-corrected chi connectivity index (χ1v) is 8.41. The van der Waals surface area contributed by atoms with Crippen molar-refractivity contribution in [2.24, 2.45) is 0 Å². The van der Waals surface area contributed by atoms with Crippen LogP contribution in [0.2, 0.25) is 0 Å². The number of carbonyl (C=O) groups excluding carboxylic acids is 1. The minimum Gasteiger partial charge on any atom is -0.461 e. The highest BCUT2D eigenvalue weighted by molar-refractivity contribution is 5.90. The minimum absolute atomic E-state index is 0.330. The van der Waals surface area contributed by atoms with Gasteiger partial charge < -0.3 is 4.74 Å². The maximum Gasteiger partial charge on any atom is 0.357 e. The second kappa shape index (κ2) is 6.93. The SMILES string of the molecule is CCOC(=O)c1cc(-c2ccc(C)cc2)nn1-c1ccc(C)cc1C. The van der Waals surface area contributed by atoms with E-state index in [9.17, 15) is 4.79 Å². The van der Waals surface area contributed by atoms with Crippen molar-refractivity contribution in [3.05, 3.63) is 70.9 Å². The Labute approximate surface area is 148 Å². The van der Waals surface area contributed by atoms with Crippen LogP contribution in [0.25, 0.3) is 16.9 Å². The lowest BCUT2D eigenvalue weighted by Gasteiger charge is -2.10. The topological polar surface area (TPSA) is 44.1 Å². The van der Waals surface area contributed by atoms with Crippen LogP contribution in [0.5, 0.6) is 0 Å². The molecule has 3 rings (SSSR count). The van der Waals surface area contributed by atoms with Gasteiger partial charge in [0.05, 0.1) is 18.0 Å². The van der Waals surface area contributed by atoms with Gasteiger partial charge in [0.1, 0.15) is 0 Å². The molecular formula is C21H22N2O2. The van der Waals surface area contributed by atoms with E-state index in [1.807, 2.05) is 57.2 Å². The van der Waals surface area contributed by atoms with Crippen LogP contribution in [0.4, 0.5) is 0 Å². The average molecular weight is 334 g/mol. The summed E-state index contributed by atoms with van der Waals surface area (Å²) >= 11 is 0. The third-order valence-electron chi connectivity index (χ3n) is 4.12. The number of ether oxygens (including phenoxy) is 1. The highest BCUT2D eigenvalue weighted by Gasteiger charge is 2.19. The number of hydrogen-bond donors (Lipinski definition) is 0. The monoisotopic (exact) mass is 334 g/mol. The molecule has 4 heteroatoms. The van der Waals surface area contributed by atoms with Crippen LogP contribution in [0.15, 0.2) is 48.5 Å². The molecule has 1 aromatic heterocycles. The maximum atomic E-state index is 12.4. The lowest BCUT2D eigenvalue weighted by Crippen LogP contribution is -2.12. The Bertz CT molecular complexity index is 908. The average Bonchev–Trinajstić information content (AvgIpc) is 3.01. The van der Waals surface area contributed by atoms with E-state index in [0.717, 1.165) is 22.5 Å². The van der Waals surface area contributed by atoms with Gasteiger partial charge in [0.25, 0.3) is 0 Å². The van der Waals surface area contributed by atoms with Crippen molar-refractivity contribution in [3.63, 3.8) is 0 Å². The van der Waals surface area contributed by atoms with Gasteiger partial charge in [-0.15, -0.1) is 0 Å². The third kappa shape index (κ3) is 3.48. The van der Waals surface area contributed by atoms with Crippen LogP contribution >= 0.6 is 0 Å². The summed E-state index contributed by atoms with van der Waals surface area (Å²) in [5.41, 5.74) is 6.45. The molecule has 0 aliphatic carbocycles. The van der Waals surface area contributed by atoms with Crippen molar-refractivity contribution in [1.29, 1.82) is 0 Å². The third-order valence-corrected chi connectivity index (χ3v) is 4.12. The minimum atomic E-state index is -0.367. The molecule has 0 aliphatic heterocycles. The van der Waals surface area contributed by atoms with Gasteiger partial charge in [-0.1, -0.05) is 47.5 Å². The summed E-state index contributed by atoms with van der Waals surface area (Å²) in [7, 11) is 0. The lowest BCUT2D eigenvalue weighted by atomic mass is 10.1. The van der Waals surface area contributed by atoms with Crippen LogP contribution in [-0.2, 0) is 4.74 Å². The number of esters is 1. The predicted octanol–water partition coefficient (Wildman–Crippen LogP) is 4.64. The van der Waals surface area contributed by atoms with Crippen LogP contribution in [0, 0.1) is 20.8 Å². The summed E-state index contributed by atoms with van der Waals surface area (Å²) in [5.74, 6) is -0.367. The van der Waals surface area contributed by atoms with Gasteiger partial charge in [-0.3, -0.25) is 0 Å². The number of carbonyl (C=O) groups is 1. The molecule has 25 heavy (non-hydrogen) atoms. The first kappa shape index (κ1) is 17.0. The van der Waals surface area contributed by atoms with E-state index in [2.05, 4.69) is 6.07 Å². The second-order valence-electron chi connectivity index (χ2n) is 6.20. The Balaban J connectivity index is 2.15. The van der Waals surface area contributed by atoms with Gasteiger partial charge in [-0.2, -0.15) is 5.10 Å². The van der Waals surface area contributed by atoms with Crippen molar-refractivity contribution in [2.75, 3.05) is 6.61 Å². The van der Waals surface area contributed by atoms with Gasteiger partial charge in [0, 0.05) is 5.56 Å². The summed E-state index contributed by atoms with van der Waals surface area (Å²) in [5, 5.41) is 4.69. The predicted molar refractivity (Wildman–Crippen MR) is 99.2 cm³/mol. The van der Waals surface area contributed by atoms with E-state index in [-0.39, 0.29) is 5.97 Å². The molecule has 0 aliphatic rings. The zero-order valence-electron chi connectivity index (χ0n) is 15.0. The fourth-order valence-corrected chi connectivity index (χ4v) is 2.82. The van der Waals surface area contributed by atoms with Gasteiger partial charge >= 0.3 is 5.97 Å².